The molecule has 1 aromatic carbocycles. The molecule has 0 fully saturated rings. The Kier molecular flexibility index (Phi) is 3.99. The van der Waals surface area contributed by atoms with Crippen LogP contribution in [-0.2, 0) is 11.2 Å². The highest BCUT2D eigenvalue weighted by Gasteiger charge is 2.14. The molecule has 7 heteroatoms. The number of rotatable bonds is 5. The topological polar surface area (TPSA) is 102 Å². The van der Waals surface area contributed by atoms with Crippen molar-refractivity contribution in [3.63, 3.8) is 0 Å². The van der Waals surface area contributed by atoms with Gasteiger partial charge in [-0.15, -0.1) is 0 Å². The number of hydrogen-bond acceptors (Lipinski definition) is 5. The fraction of sp³-hybridized carbons (Fsp3) is 0.154. The highest BCUT2D eigenvalue weighted by Crippen LogP contribution is 2.28. The van der Waals surface area contributed by atoms with Crippen LogP contribution >= 0.6 is 0 Å². The second-order valence-corrected chi connectivity index (χ2v) is 3.85. The quantitative estimate of drug-likeness (QED) is 0.850. The third kappa shape index (κ3) is 2.94. The van der Waals surface area contributed by atoms with Crippen molar-refractivity contribution in [3.8, 4) is 17.4 Å². The number of para-hydroxylation sites is 1. The zero-order valence-electron chi connectivity index (χ0n) is 10.6. The Morgan fingerprint density at radius 2 is 2.15 bits per heavy atom. The molecule has 7 nitrogen and oxygen atoms in total. The van der Waals surface area contributed by atoms with Crippen LogP contribution in [0.25, 0.3) is 0 Å². The summed E-state index contributed by atoms with van der Waals surface area (Å²) in [5, 5.41) is 8.85. The molecule has 0 amide bonds. The minimum Gasteiger partial charge on any atom is -0.487 e. The van der Waals surface area contributed by atoms with Crippen molar-refractivity contribution in [2.75, 3.05) is 7.11 Å². The van der Waals surface area contributed by atoms with Crippen molar-refractivity contribution in [1.82, 2.24) is 9.97 Å². The van der Waals surface area contributed by atoms with Gasteiger partial charge in [0.25, 0.3) is 11.4 Å². The van der Waals surface area contributed by atoms with Crippen molar-refractivity contribution >= 4 is 5.97 Å². The number of aromatic nitrogens is 2. The summed E-state index contributed by atoms with van der Waals surface area (Å²) in [7, 11) is 1.32. The van der Waals surface area contributed by atoms with Crippen molar-refractivity contribution in [2.24, 2.45) is 0 Å². The number of nitrogens with one attached hydrogen (secondary N) is 1. The van der Waals surface area contributed by atoms with Crippen LogP contribution in [-0.4, -0.2) is 28.2 Å². The maximum absolute atomic E-state index is 11.5. The number of ether oxygens (including phenoxy) is 2. The second kappa shape index (κ2) is 5.87. The van der Waals surface area contributed by atoms with E-state index >= 15 is 0 Å². The maximum atomic E-state index is 11.5. The number of H-pyrrole nitrogens is 1. The molecule has 104 valence electrons. The molecule has 0 unspecified atom stereocenters. The van der Waals surface area contributed by atoms with Crippen molar-refractivity contribution < 1.29 is 19.4 Å². The van der Waals surface area contributed by atoms with Crippen LogP contribution in [0.1, 0.15) is 5.56 Å². The number of aromatic amines is 1. The van der Waals surface area contributed by atoms with Gasteiger partial charge < -0.3 is 19.6 Å². The molecule has 0 aliphatic rings. The minimum absolute atomic E-state index is 0.0194. The molecule has 0 saturated heterocycles. The van der Waals surface area contributed by atoms with Crippen LogP contribution in [0.5, 0.6) is 17.4 Å². The number of methoxy groups -OCH3 is 1. The largest absolute Gasteiger partial charge is 0.487 e. The van der Waals surface area contributed by atoms with E-state index in [9.17, 15) is 9.59 Å². The van der Waals surface area contributed by atoms with Gasteiger partial charge in [-0.1, -0.05) is 18.2 Å². The first-order valence-corrected chi connectivity index (χ1v) is 5.71. The first-order chi connectivity index (χ1) is 9.61. The van der Waals surface area contributed by atoms with E-state index in [0.717, 1.165) is 0 Å². The van der Waals surface area contributed by atoms with E-state index in [1.165, 1.54) is 13.4 Å². The molecule has 0 bridgehead atoms. The van der Waals surface area contributed by atoms with E-state index in [2.05, 4.69) is 9.97 Å². The molecule has 2 rings (SSSR count). The lowest BCUT2D eigenvalue weighted by molar-refractivity contribution is -0.136. The standard InChI is InChI=1S/C13H12N2O5/c1-19-11-12(18)14-7-15-13(11)20-9-5-3-2-4-8(9)6-10(16)17/h2-5,7H,6H2,1H3,(H,16,17)(H,14,15,18). The number of nitrogens with zero attached hydrogens (tertiary/aromatic N) is 1. The van der Waals surface area contributed by atoms with Gasteiger partial charge in [0.2, 0.25) is 5.75 Å². The zero-order chi connectivity index (χ0) is 14.5. The first kappa shape index (κ1) is 13.6. The number of carbonyl (C=O) groups is 1. The summed E-state index contributed by atoms with van der Waals surface area (Å²) >= 11 is 0. The van der Waals surface area contributed by atoms with Gasteiger partial charge in [-0.25, -0.2) is 4.98 Å². The fourth-order valence-corrected chi connectivity index (χ4v) is 1.64. The molecule has 1 heterocycles. The second-order valence-electron chi connectivity index (χ2n) is 3.85. The Morgan fingerprint density at radius 3 is 2.85 bits per heavy atom. The average Bonchev–Trinajstić information content (AvgIpc) is 2.41. The summed E-state index contributed by atoms with van der Waals surface area (Å²) in [5.74, 6) is -0.759. The van der Waals surface area contributed by atoms with Crippen LogP contribution in [0.2, 0.25) is 0 Å². The van der Waals surface area contributed by atoms with Crippen LogP contribution in [0.15, 0.2) is 35.4 Å². The summed E-state index contributed by atoms with van der Waals surface area (Å²) in [6.45, 7) is 0. The number of benzene rings is 1. The molecular weight excluding hydrogens is 264 g/mol. The van der Waals surface area contributed by atoms with Crippen LogP contribution in [0, 0.1) is 0 Å². The summed E-state index contributed by atoms with van der Waals surface area (Å²) in [5.41, 5.74) is -0.00245. The van der Waals surface area contributed by atoms with E-state index < -0.39 is 11.5 Å². The SMILES string of the molecule is COc1c(Oc2ccccc2CC(=O)O)nc[nH]c1=O. The van der Waals surface area contributed by atoms with Gasteiger partial charge >= 0.3 is 5.97 Å². The normalized spacial score (nSPS) is 10.1. The molecule has 0 radical (unpaired) electrons. The Hall–Kier alpha value is -2.83. The maximum Gasteiger partial charge on any atom is 0.307 e. The van der Waals surface area contributed by atoms with Crippen LogP contribution in [0.3, 0.4) is 0 Å². The number of hydrogen-bond donors (Lipinski definition) is 2. The highest BCUT2D eigenvalue weighted by atomic mass is 16.5. The van der Waals surface area contributed by atoms with Crippen LogP contribution in [0.4, 0.5) is 0 Å². The van der Waals surface area contributed by atoms with Gasteiger partial charge in [0.05, 0.1) is 19.9 Å². The summed E-state index contributed by atoms with van der Waals surface area (Å²) < 4.78 is 10.4. The van der Waals surface area contributed by atoms with Crippen LogP contribution < -0.4 is 15.0 Å². The van der Waals surface area contributed by atoms with E-state index in [0.29, 0.717) is 11.3 Å². The third-order valence-electron chi connectivity index (χ3n) is 2.50. The lowest BCUT2D eigenvalue weighted by Crippen LogP contribution is -2.11. The predicted octanol–water partition coefficient (Wildman–Crippen LogP) is 1.20. The molecule has 1 aromatic heterocycles. The summed E-state index contributed by atoms with van der Waals surface area (Å²) in [6, 6.07) is 6.62. The van der Waals surface area contributed by atoms with Crippen molar-refractivity contribution in [3.05, 3.63) is 46.5 Å². The zero-order valence-corrected chi connectivity index (χ0v) is 10.6. The molecular formula is C13H12N2O5. The molecule has 20 heavy (non-hydrogen) atoms. The van der Waals surface area contributed by atoms with Crippen molar-refractivity contribution in [2.45, 2.75) is 6.42 Å². The molecule has 2 aromatic rings. The van der Waals surface area contributed by atoms with E-state index in [1.807, 2.05) is 0 Å². The average molecular weight is 276 g/mol. The predicted molar refractivity (Wildman–Crippen MR) is 69.3 cm³/mol. The van der Waals surface area contributed by atoms with E-state index in [4.69, 9.17) is 14.6 Å². The molecule has 2 N–H and O–H groups in total. The molecule has 0 saturated carbocycles. The summed E-state index contributed by atoms with van der Waals surface area (Å²) in [4.78, 5) is 28.6. The number of carboxylic acid groups (broad SMARTS) is 1. The monoisotopic (exact) mass is 276 g/mol. The number of aliphatic carboxylic acids is 1. The molecule has 0 aliphatic carbocycles. The highest BCUT2D eigenvalue weighted by molar-refractivity contribution is 5.71. The minimum atomic E-state index is -0.980. The molecule has 0 aliphatic heterocycles. The van der Waals surface area contributed by atoms with E-state index in [-0.39, 0.29) is 18.1 Å². The number of carboxylic acids is 1. The first-order valence-electron chi connectivity index (χ1n) is 5.71. The lowest BCUT2D eigenvalue weighted by atomic mass is 10.1. The molecule has 0 atom stereocenters. The van der Waals surface area contributed by atoms with Gasteiger partial charge in [0, 0.05) is 5.56 Å². The van der Waals surface area contributed by atoms with Gasteiger partial charge in [0.1, 0.15) is 5.75 Å². The molecule has 0 spiro atoms. The Labute approximate surface area is 113 Å². The van der Waals surface area contributed by atoms with Gasteiger partial charge in [-0.2, -0.15) is 0 Å². The van der Waals surface area contributed by atoms with Crippen molar-refractivity contribution in [1.29, 1.82) is 0 Å². The smallest absolute Gasteiger partial charge is 0.307 e. The third-order valence-corrected chi connectivity index (χ3v) is 2.50. The fourth-order valence-electron chi connectivity index (χ4n) is 1.64. The van der Waals surface area contributed by atoms with Gasteiger partial charge in [-0.05, 0) is 6.07 Å². The Morgan fingerprint density at radius 1 is 1.40 bits per heavy atom. The summed E-state index contributed by atoms with van der Waals surface area (Å²) in [6.07, 6.45) is 0.988. The Balaban J connectivity index is 2.38. The van der Waals surface area contributed by atoms with Gasteiger partial charge in [-0.3, -0.25) is 9.59 Å². The van der Waals surface area contributed by atoms with Gasteiger partial charge in [0.15, 0.2) is 0 Å². The van der Waals surface area contributed by atoms with E-state index in [1.54, 1.807) is 24.3 Å². The Bertz CT molecular complexity index is 680. The lowest BCUT2D eigenvalue weighted by Gasteiger charge is -2.10.